The molecule has 0 N–H and O–H groups in total. The van der Waals surface area contributed by atoms with Crippen LogP contribution in [0.1, 0.15) is 76.8 Å². The molecule has 0 spiro atoms. The summed E-state index contributed by atoms with van der Waals surface area (Å²) in [4.78, 5) is 11.6. The molecular weight excluding hydrogens is 553 g/mol. The number of carbonyl (C=O) groups excluding carboxylic acids is 1. The van der Waals surface area contributed by atoms with Gasteiger partial charge in [-0.1, -0.05) is 44.2 Å². The lowest BCUT2D eigenvalue weighted by atomic mass is 9.45. The van der Waals surface area contributed by atoms with E-state index in [2.05, 4.69) is 55.3 Å². The number of carbonyl (C=O) groups is 1. The second kappa shape index (κ2) is 10.3. The van der Waals surface area contributed by atoms with Gasteiger partial charge in [0.15, 0.2) is 0 Å². The standard InChI is InChI=1S/C35H41F3N2O3/c1-33-17-15-25(43-32(41)35(36,37)38)19-22(33)11-14-26-28(33)16-18-34(2)29(26)20-27-30(21-9-12-24(42-3)13-10-21)40(39-31(27)34)23-7-5-4-6-8-23/h4-10,12-13,22,25-30H,11,14-20H2,1-3H3/t22-,25-,26+,27+,28-,29-,30+,33-,34-/m0/s1. The molecule has 4 fully saturated rings. The lowest BCUT2D eigenvalue weighted by Gasteiger charge is -2.60. The van der Waals surface area contributed by atoms with Crippen LogP contribution in [-0.4, -0.2) is 31.1 Å². The van der Waals surface area contributed by atoms with Crippen molar-refractivity contribution in [2.45, 2.75) is 83.5 Å². The van der Waals surface area contributed by atoms with Gasteiger partial charge in [0.05, 0.1) is 24.6 Å². The predicted octanol–water partition coefficient (Wildman–Crippen LogP) is 8.36. The lowest BCUT2D eigenvalue weighted by molar-refractivity contribution is -0.210. The minimum Gasteiger partial charge on any atom is -0.497 e. The number of ether oxygens (including phenoxy) is 2. The summed E-state index contributed by atoms with van der Waals surface area (Å²) < 4.78 is 49.1. The second-order valence-electron chi connectivity index (χ2n) is 14.1. The van der Waals surface area contributed by atoms with Crippen molar-refractivity contribution in [2.24, 2.45) is 45.5 Å². The number of esters is 1. The van der Waals surface area contributed by atoms with Crippen molar-refractivity contribution in [1.82, 2.24) is 0 Å². The summed E-state index contributed by atoms with van der Waals surface area (Å²) in [5.41, 5.74) is 3.79. The van der Waals surface area contributed by atoms with Crippen molar-refractivity contribution >= 4 is 17.4 Å². The molecule has 4 aliphatic carbocycles. The Kier molecular flexibility index (Phi) is 6.86. The third-order valence-electron chi connectivity index (χ3n) is 12.3. The van der Waals surface area contributed by atoms with Gasteiger partial charge in [-0.15, -0.1) is 0 Å². The molecule has 1 aliphatic heterocycles. The van der Waals surface area contributed by atoms with Crippen LogP contribution in [0.4, 0.5) is 18.9 Å². The maximum Gasteiger partial charge on any atom is 0.490 e. The molecular formula is C35H41F3N2O3. The number of fused-ring (bicyclic) bond motifs is 7. The number of hydrogen-bond acceptors (Lipinski definition) is 5. The Morgan fingerprint density at radius 2 is 1.67 bits per heavy atom. The molecule has 230 valence electrons. The Balaban J connectivity index is 1.16. The molecule has 4 saturated carbocycles. The second-order valence-corrected chi connectivity index (χ2v) is 14.1. The van der Waals surface area contributed by atoms with Gasteiger partial charge < -0.3 is 9.47 Å². The molecule has 7 rings (SSSR count). The minimum absolute atomic E-state index is 0.0305. The highest BCUT2D eigenvalue weighted by atomic mass is 19.4. The molecule has 9 atom stereocenters. The van der Waals surface area contributed by atoms with Crippen molar-refractivity contribution in [3.63, 3.8) is 0 Å². The van der Waals surface area contributed by atoms with Gasteiger partial charge >= 0.3 is 12.1 Å². The minimum atomic E-state index is -4.94. The van der Waals surface area contributed by atoms with Gasteiger partial charge in [-0.2, -0.15) is 18.3 Å². The molecule has 2 aromatic rings. The van der Waals surface area contributed by atoms with E-state index in [0.717, 1.165) is 50.0 Å². The summed E-state index contributed by atoms with van der Waals surface area (Å²) in [7, 11) is 1.69. The molecule has 0 saturated heterocycles. The van der Waals surface area contributed by atoms with E-state index in [1.807, 2.05) is 18.2 Å². The molecule has 8 heteroatoms. The number of anilines is 1. The number of rotatable bonds is 4. The number of benzene rings is 2. The molecule has 0 amide bonds. The zero-order chi connectivity index (χ0) is 30.1. The molecule has 2 aromatic carbocycles. The summed E-state index contributed by atoms with van der Waals surface area (Å²) in [5, 5.41) is 7.70. The van der Waals surface area contributed by atoms with Crippen LogP contribution in [0, 0.1) is 40.4 Å². The summed E-state index contributed by atoms with van der Waals surface area (Å²) in [5.74, 6) is 1.06. The Labute approximate surface area is 251 Å². The van der Waals surface area contributed by atoms with E-state index in [-0.39, 0.29) is 22.8 Å². The summed E-state index contributed by atoms with van der Waals surface area (Å²) in [6.45, 7) is 4.83. The van der Waals surface area contributed by atoms with Gasteiger partial charge in [0.1, 0.15) is 11.9 Å². The zero-order valence-electron chi connectivity index (χ0n) is 25.1. The SMILES string of the molecule is COc1ccc([C@@H]2[C@H]3C[C@H]4[C@@H]5CC[C@H]6C[C@@H](OC(=O)C(F)(F)F)CC[C@]6(C)[C@H]5CC[C@]4(C)C3=NN2c2ccccc2)cc1. The van der Waals surface area contributed by atoms with Gasteiger partial charge in [0, 0.05) is 11.3 Å². The topological polar surface area (TPSA) is 51.1 Å². The van der Waals surface area contributed by atoms with Crippen molar-refractivity contribution in [1.29, 1.82) is 0 Å². The van der Waals surface area contributed by atoms with E-state index in [0.29, 0.717) is 36.5 Å². The number of hydrazone groups is 1. The molecule has 1 heterocycles. The smallest absolute Gasteiger partial charge is 0.490 e. The molecule has 5 nitrogen and oxygen atoms in total. The average molecular weight is 595 g/mol. The monoisotopic (exact) mass is 594 g/mol. The molecule has 0 aromatic heterocycles. The summed E-state index contributed by atoms with van der Waals surface area (Å²) in [6.07, 6.45) is 1.68. The molecule has 0 bridgehead atoms. The van der Waals surface area contributed by atoms with Crippen molar-refractivity contribution in [3.8, 4) is 5.75 Å². The Morgan fingerprint density at radius 1 is 0.930 bits per heavy atom. The van der Waals surface area contributed by atoms with Crippen LogP contribution in [0.5, 0.6) is 5.75 Å². The largest absolute Gasteiger partial charge is 0.497 e. The first-order valence-corrected chi connectivity index (χ1v) is 15.9. The van der Waals surface area contributed by atoms with Crippen molar-refractivity contribution in [3.05, 3.63) is 60.2 Å². The highest BCUT2D eigenvalue weighted by molar-refractivity contribution is 5.98. The first kappa shape index (κ1) is 28.7. The summed E-state index contributed by atoms with van der Waals surface area (Å²) in [6, 6.07) is 19.0. The van der Waals surface area contributed by atoms with Crippen molar-refractivity contribution in [2.75, 3.05) is 12.1 Å². The number of nitrogens with zero attached hydrogens (tertiary/aromatic N) is 2. The van der Waals surface area contributed by atoms with Gasteiger partial charge in [-0.05, 0) is 110 Å². The van der Waals surface area contributed by atoms with Crippen LogP contribution in [0.3, 0.4) is 0 Å². The van der Waals surface area contributed by atoms with Crippen molar-refractivity contribution < 1.29 is 27.4 Å². The fraction of sp³-hybridized carbons (Fsp3) is 0.600. The van der Waals surface area contributed by atoms with E-state index in [1.165, 1.54) is 11.3 Å². The maximum absolute atomic E-state index is 12.9. The third-order valence-corrected chi connectivity index (χ3v) is 12.3. The molecule has 0 radical (unpaired) electrons. The molecule has 5 aliphatic rings. The summed E-state index contributed by atoms with van der Waals surface area (Å²) >= 11 is 0. The zero-order valence-corrected chi connectivity index (χ0v) is 25.1. The van der Waals surface area contributed by atoms with Crippen LogP contribution >= 0.6 is 0 Å². The first-order valence-electron chi connectivity index (χ1n) is 15.9. The van der Waals surface area contributed by atoms with Crippen LogP contribution < -0.4 is 9.75 Å². The third kappa shape index (κ3) is 4.57. The fourth-order valence-corrected chi connectivity index (χ4v) is 10.2. The Morgan fingerprint density at radius 3 is 2.37 bits per heavy atom. The van der Waals surface area contributed by atoms with Crippen LogP contribution in [0.2, 0.25) is 0 Å². The highest BCUT2D eigenvalue weighted by Crippen LogP contribution is 2.68. The van der Waals surface area contributed by atoms with Gasteiger partial charge in [0.2, 0.25) is 0 Å². The quantitative estimate of drug-likeness (QED) is 0.334. The number of hydrogen-bond donors (Lipinski definition) is 0. The number of methoxy groups -OCH3 is 1. The maximum atomic E-state index is 12.9. The average Bonchev–Trinajstić information content (AvgIpc) is 3.52. The first-order chi connectivity index (χ1) is 20.5. The van der Waals surface area contributed by atoms with Gasteiger partial charge in [-0.25, -0.2) is 4.79 Å². The van der Waals surface area contributed by atoms with E-state index < -0.39 is 18.2 Å². The number of alkyl halides is 3. The van der Waals surface area contributed by atoms with Crippen LogP contribution in [0.15, 0.2) is 59.7 Å². The van der Waals surface area contributed by atoms with Crippen LogP contribution in [0.25, 0.3) is 0 Å². The lowest BCUT2D eigenvalue weighted by Crippen LogP contribution is -2.54. The highest BCUT2D eigenvalue weighted by Gasteiger charge is 2.64. The fourth-order valence-electron chi connectivity index (χ4n) is 10.2. The van der Waals surface area contributed by atoms with E-state index in [1.54, 1.807) is 7.11 Å². The Bertz CT molecular complexity index is 1400. The predicted molar refractivity (Wildman–Crippen MR) is 159 cm³/mol. The van der Waals surface area contributed by atoms with E-state index in [9.17, 15) is 18.0 Å². The molecule has 0 unspecified atom stereocenters. The van der Waals surface area contributed by atoms with Crippen LogP contribution in [-0.2, 0) is 9.53 Å². The number of halogens is 3. The van der Waals surface area contributed by atoms with E-state index in [4.69, 9.17) is 14.6 Å². The van der Waals surface area contributed by atoms with Gasteiger partial charge in [-0.3, -0.25) is 5.01 Å². The molecule has 43 heavy (non-hydrogen) atoms. The number of para-hydroxylation sites is 1. The normalized spacial score (nSPS) is 38.3. The Hall–Kier alpha value is -3.03. The van der Waals surface area contributed by atoms with E-state index >= 15 is 0 Å². The van der Waals surface area contributed by atoms with Gasteiger partial charge in [0.25, 0.3) is 0 Å².